The molecule has 0 saturated heterocycles. The first kappa shape index (κ1) is 24.9. The van der Waals surface area contributed by atoms with Gasteiger partial charge < -0.3 is 19.5 Å². The Bertz CT molecular complexity index is 1580. The fourth-order valence-corrected chi connectivity index (χ4v) is 5.30. The molecular weight excluding hydrogens is 490 g/mol. The highest BCUT2D eigenvalue weighted by Crippen LogP contribution is 2.34. The van der Waals surface area contributed by atoms with E-state index in [0.717, 1.165) is 23.4 Å². The normalized spacial score (nSPS) is 13.7. The summed E-state index contributed by atoms with van der Waals surface area (Å²) in [5.41, 5.74) is 4.63. The van der Waals surface area contributed by atoms with Gasteiger partial charge in [-0.25, -0.2) is 18.4 Å². The number of nitrogens with one attached hydrogen (secondary N) is 1. The van der Waals surface area contributed by atoms with Crippen LogP contribution in [0.3, 0.4) is 0 Å². The predicted octanol–water partition coefficient (Wildman–Crippen LogP) is 3.91. The van der Waals surface area contributed by atoms with E-state index in [9.17, 15) is 13.2 Å². The Kier molecular flexibility index (Phi) is 6.47. The quantitative estimate of drug-likeness (QED) is 0.376. The van der Waals surface area contributed by atoms with Crippen LogP contribution < -0.4 is 9.64 Å². The third-order valence-electron chi connectivity index (χ3n) is 6.44. The van der Waals surface area contributed by atoms with Gasteiger partial charge in [0.1, 0.15) is 17.9 Å². The van der Waals surface area contributed by atoms with Crippen molar-refractivity contribution in [2.24, 2.45) is 0 Å². The molecule has 37 heavy (non-hydrogen) atoms. The second kappa shape index (κ2) is 9.60. The number of likely N-dealkylation sites (N-methyl/N-ethyl adjacent to an activating group) is 1. The summed E-state index contributed by atoms with van der Waals surface area (Å²) in [5, 5.41) is -0.500. The number of nitrogens with zero attached hydrogens (tertiary/aromatic N) is 4. The molecule has 1 aliphatic rings. The zero-order valence-corrected chi connectivity index (χ0v) is 22.0. The predicted molar refractivity (Wildman–Crippen MR) is 143 cm³/mol. The molecule has 3 heterocycles. The smallest absolute Gasteiger partial charge is 0.259 e. The molecule has 1 aliphatic heterocycles. The van der Waals surface area contributed by atoms with Crippen molar-refractivity contribution in [3.8, 4) is 17.0 Å². The summed E-state index contributed by atoms with van der Waals surface area (Å²) in [4.78, 5) is 29.6. The van der Waals surface area contributed by atoms with Crippen LogP contribution in [0.1, 0.15) is 29.8 Å². The highest BCUT2D eigenvalue weighted by molar-refractivity contribution is 7.92. The molecule has 192 valence electrons. The first-order valence-corrected chi connectivity index (χ1v) is 13.6. The lowest BCUT2D eigenvalue weighted by Gasteiger charge is -2.14. The minimum Gasteiger partial charge on any atom is -0.492 e. The number of ether oxygens (including phenoxy) is 1. The van der Waals surface area contributed by atoms with Gasteiger partial charge in [0.15, 0.2) is 15.5 Å². The average Bonchev–Trinajstić information content (AvgIpc) is 3.43. The van der Waals surface area contributed by atoms with Crippen LogP contribution in [-0.2, 0) is 16.4 Å². The van der Waals surface area contributed by atoms with Gasteiger partial charge in [-0.3, -0.25) is 4.79 Å². The monoisotopic (exact) mass is 519 g/mol. The lowest BCUT2D eigenvalue weighted by atomic mass is 10.1. The van der Waals surface area contributed by atoms with E-state index in [1.54, 1.807) is 61.5 Å². The molecule has 0 saturated carbocycles. The SMILES string of the molecule is CC(C)S(=O)(=O)c1ccc(-c2cnc3[nH]cc(N4Cc5cc(OCCN(C)C)ccc5C4=O)c3n2)cc1. The molecule has 1 amide bonds. The van der Waals surface area contributed by atoms with Gasteiger partial charge >= 0.3 is 0 Å². The minimum atomic E-state index is -3.36. The summed E-state index contributed by atoms with van der Waals surface area (Å²) >= 11 is 0. The summed E-state index contributed by atoms with van der Waals surface area (Å²) in [7, 11) is 0.621. The standard InChI is InChI=1S/C27H29N5O4S/c1-17(2)37(34,35)21-8-5-18(6-9-21)23-14-28-26-25(30-23)24(15-29-26)32-16-19-13-20(36-12-11-31(3)4)7-10-22(19)27(32)33/h5-10,13-15,17H,11-12,16H2,1-4H3,(H,28,29). The number of sulfone groups is 1. The Hall–Kier alpha value is -3.76. The molecule has 2 aromatic carbocycles. The lowest BCUT2D eigenvalue weighted by Crippen LogP contribution is -2.22. The molecule has 0 spiro atoms. The number of hydrogen-bond acceptors (Lipinski definition) is 7. The highest BCUT2D eigenvalue weighted by Gasteiger charge is 2.31. The number of rotatable bonds is 8. The van der Waals surface area contributed by atoms with E-state index in [1.165, 1.54) is 0 Å². The second-order valence-corrected chi connectivity index (χ2v) is 12.1. The van der Waals surface area contributed by atoms with Crippen LogP contribution in [-0.4, -0.2) is 66.7 Å². The van der Waals surface area contributed by atoms with Gasteiger partial charge in [-0.2, -0.15) is 0 Å². The van der Waals surface area contributed by atoms with E-state index in [-0.39, 0.29) is 10.8 Å². The van der Waals surface area contributed by atoms with Crippen LogP contribution in [0.5, 0.6) is 5.75 Å². The Morgan fingerprint density at radius 3 is 2.59 bits per heavy atom. The minimum absolute atomic E-state index is 0.105. The van der Waals surface area contributed by atoms with Gasteiger partial charge in [-0.15, -0.1) is 0 Å². The summed E-state index contributed by atoms with van der Waals surface area (Å²) in [5.74, 6) is 0.630. The van der Waals surface area contributed by atoms with Crippen LogP contribution in [0.2, 0.25) is 0 Å². The molecule has 0 atom stereocenters. The zero-order valence-electron chi connectivity index (χ0n) is 21.2. The van der Waals surface area contributed by atoms with Gasteiger partial charge in [-0.05, 0) is 63.8 Å². The van der Waals surface area contributed by atoms with E-state index in [1.807, 2.05) is 31.1 Å². The number of amides is 1. The molecule has 9 nitrogen and oxygen atoms in total. The van der Waals surface area contributed by atoms with Gasteiger partial charge in [-0.1, -0.05) is 12.1 Å². The van der Waals surface area contributed by atoms with E-state index >= 15 is 0 Å². The van der Waals surface area contributed by atoms with Gasteiger partial charge in [0, 0.05) is 23.9 Å². The van der Waals surface area contributed by atoms with Gasteiger partial charge in [0.2, 0.25) is 0 Å². The van der Waals surface area contributed by atoms with Gasteiger partial charge in [0.25, 0.3) is 5.91 Å². The first-order valence-electron chi connectivity index (χ1n) is 12.1. The number of anilines is 1. The molecule has 10 heteroatoms. The number of H-pyrrole nitrogens is 1. The fourth-order valence-electron chi connectivity index (χ4n) is 4.24. The summed E-state index contributed by atoms with van der Waals surface area (Å²) in [6.07, 6.45) is 3.37. The molecular formula is C27H29N5O4S. The number of aromatic amines is 1. The number of benzene rings is 2. The fraction of sp³-hybridized carbons (Fsp3) is 0.296. The van der Waals surface area contributed by atoms with Crippen LogP contribution in [0, 0.1) is 0 Å². The molecule has 5 rings (SSSR count). The van der Waals surface area contributed by atoms with Crippen molar-refractivity contribution in [1.29, 1.82) is 0 Å². The largest absolute Gasteiger partial charge is 0.492 e. The van der Waals surface area contributed by atoms with E-state index < -0.39 is 15.1 Å². The third-order valence-corrected chi connectivity index (χ3v) is 8.61. The van der Waals surface area contributed by atoms with Crippen molar-refractivity contribution in [2.75, 3.05) is 32.1 Å². The molecule has 0 bridgehead atoms. The van der Waals surface area contributed by atoms with E-state index in [0.29, 0.717) is 41.3 Å². The Labute approximate surface area is 216 Å². The van der Waals surface area contributed by atoms with Crippen molar-refractivity contribution < 1.29 is 17.9 Å². The maximum Gasteiger partial charge on any atom is 0.259 e. The number of hydrogen-bond donors (Lipinski definition) is 1. The topological polar surface area (TPSA) is 108 Å². The Balaban J connectivity index is 1.42. The number of fused-ring (bicyclic) bond motifs is 2. The number of aromatic nitrogens is 3. The average molecular weight is 520 g/mol. The first-order chi connectivity index (χ1) is 17.6. The summed E-state index contributed by atoms with van der Waals surface area (Å²) in [6.45, 7) is 5.09. The molecule has 2 aromatic heterocycles. The van der Waals surface area contributed by atoms with Gasteiger partial charge in [0.05, 0.1) is 34.3 Å². The molecule has 0 unspecified atom stereocenters. The van der Waals surface area contributed by atoms with Crippen molar-refractivity contribution in [2.45, 2.75) is 30.5 Å². The van der Waals surface area contributed by atoms with E-state index in [2.05, 4.69) is 9.97 Å². The van der Waals surface area contributed by atoms with Crippen molar-refractivity contribution in [1.82, 2.24) is 19.9 Å². The number of carbonyl (C=O) groups excluding carboxylic acids is 1. The van der Waals surface area contributed by atoms with Crippen molar-refractivity contribution in [3.05, 3.63) is 66.0 Å². The number of carbonyl (C=O) groups is 1. The molecule has 0 radical (unpaired) electrons. The molecule has 0 aliphatic carbocycles. The van der Waals surface area contributed by atoms with Crippen LogP contribution in [0.25, 0.3) is 22.4 Å². The molecule has 4 aromatic rings. The Morgan fingerprint density at radius 1 is 1.14 bits per heavy atom. The lowest BCUT2D eigenvalue weighted by molar-refractivity contribution is 0.0997. The molecule has 1 N–H and O–H groups in total. The summed E-state index contributed by atoms with van der Waals surface area (Å²) in [6, 6.07) is 12.2. The van der Waals surface area contributed by atoms with Crippen molar-refractivity contribution in [3.63, 3.8) is 0 Å². The molecule has 0 fully saturated rings. The summed E-state index contributed by atoms with van der Waals surface area (Å²) < 4.78 is 30.8. The third kappa shape index (κ3) is 4.70. The van der Waals surface area contributed by atoms with Crippen LogP contribution in [0.4, 0.5) is 5.69 Å². The Morgan fingerprint density at radius 2 is 1.89 bits per heavy atom. The van der Waals surface area contributed by atoms with Crippen LogP contribution >= 0.6 is 0 Å². The maximum absolute atomic E-state index is 13.3. The van der Waals surface area contributed by atoms with Crippen LogP contribution in [0.15, 0.2) is 59.8 Å². The van der Waals surface area contributed by atoms with E-state index in [4.69, 9.17) is 9.72 Å². The van der Waals surface area contributed by atoms with Crippen molar-refractivity contribution >= 4 is 32.6 Å². The highest BCUT2D eigenvalue weighted by atomic mass is 32.2. The second-order valence-electron chi connectivity index (χ2n) is 9.61. The zero-order chi connectivity index (χ0) is 26.3. The maximum atomic E-state index is 13.3.